The Labute approximate surface area is 105 Å². The SMILES string of the molecule is Cc1nn(-c2c(CCN)c(C)nn2C)cc1Cl. The van der Waals surface area contributed by atoms with E-state index in [0.29, 0.717) is 11.6 Å². The Morgan fingerprint density at radius 2 is 2.00 bits per heavy atom. The first-order valence-corrected chi connectivity index (χ1v) is 5.87. The zero-order valence-corrected chi connectivity index (χ0v) is 11.0. The quantitative estimate of drug-likeness (QED) is 0.899. The maximum Gasteiger partial charge on any atom is 0.155 e. The van der Waals surface area contributed by atoms with Crippen LogP contribution in [-0.2, 0) is 13.5 Å². The molecule has 0 spiro atoms. The lowest BCUT2D eigenvalue weighted by molar-refractivity contribution is 0.688. The van der Waals surface area contributed by atoms with Gasteiger partial charge in [-0.1, -0.05) is 11.6 Å². The molecule has 2 aromatic heterocycles. The highest BCUT2D eigenvalue weighted by Crippen LogP contribution is 2.21. The van der Waals surface area contributed by atoms with Crippen molar-refractivity contribution in [1.29, 1.82) is 0 Å². The van der Waals surface area contributed by atoms with Crippen molar-refractivity contribution in [1.82, 2.24) is 19.6 Å². The van der Waals surface area contributed by atoms with E-state index >= 15 is 0 Å². The molecule has 0 amide bonds. The maximum atomic E-state index is 6.03. The monoisotopic (exact) mass is 253 g/mol. The summed E-state index contributed by atoms with van der Waals surface area (Å²) in [6, 6.07) is 0. The molecule has 0 aliphatic carbocycles. The topological polar surface area (TPSA) is 61.7 Å². The predicted molar refractivity (Wildman–Crippen MR) is 67.6 cm³/mol. The number of hydrogen-bond donors (Lipinski definition) is 1. The van der Waals surface area contributed by atoms with Crippen molar-refractivity contribution < 1.29 is 0 Å². The fourth-order valence-corrected chi connectivity index (χ4v) is 2.09. The average molecular weight is 254 g/mol. The van der Waals surface area contributed by atoms with Crippen LogP contribution in [0.1, 0.15) is 17.0 Å². The molecule has 2 heterocycles. The molecule has 0 unspecified atom stereocenters. The molecular formula is C11H16ClN5. The van der Waals surface area contributed by atoms with Gasteiger partial charge in [-0.25, -0.2) is 4.68 Å². The van der Waals surface area contributed by atoms with Gasteiger partial charge in [0.1, 0.15) is 0 Å². The molecule has 2 aromatic rings. The average Bonchev–Trinajstić information content (AvgIpc) is 2.70. The molecule has 0 saturated heterocycles. The lowest BCUT2D eigenvalue weighted by Gasteiger charge is -2.05. The normalized spacial score (nSPS) is 11.1. The standard InChI is InChI=1S/C11H16ClN5/c1-7-9(4-5-13)11(16(3)14-7)17-6-10(12)8(2)15-17/h6H,4-5,13H2,1-3H3. The van der Waals surface area contributed by atoms with Gasteiger partial charge in [-0.3, -0.25) is 4.68 Å². The number of hydrogen-bond acceptors (Lipinski definition) is 3. The van der Waals surface area contributed by atoms with Crippen LogP contribution in [0.3, 0.4) is 0 Å². The minimum Gasteiger partial charge on any atom is -0.330 e. The number of nitrogens with two attached hydrogens (primary N) is 1. The molecule has 0 bridgehead atoms. The summed E-state index contributed by atoms with van der Waals surface area (Å²) in [7, 11) is 1.90. The summed E-state index contributed by atoms with van der Waals surface area (Å²) in [5.74, 6) is 0.933. The Hall–Kier alpha value is -1.33. The second kappa shape index (κ2) is 4.50. The zero-order chi connectivity index (χ0) is 12.6. The van der Waals surface area contributed by atoms with Gasteiger partial charge in [-0.2, -0.15) is 10.2 Å². The fraction of sp³-hybridized carbons (Fsp3) is 0.455. The van der Waals surface area contributed by atoms with Gasteiger partial charge in [0.05, 0.1) is 22.6 Å². The third-order valence-corrected chi connectivity index (χ3v) is 3.13. The Balaban J connectivity index is 2.57. The second-order valence-corrected chi connectivity index (χ2v) is 4.46. The minimum atomic E-state index is 0.591. The predicted octanol–water partition coefficient (Wildman–Crippen LogP) is 1.38. The van der Waals surface area contributed by atoms with Crippen molar-refractivity contribution in [3.05, 3.63) is 28.2 Å². The number of rotatable bonds is 3. The lowest BCUT2D eigenvalue weighted by Crippen LogP contribution is -2.09. The lowest BCUT2D eigenvalue weighted by atomic mass is 10.2. The van der Waals surface area contributed by atoms with Crippen molar-refractivity contribution in [2.24, 2.45) is 12.8 Å². The van der Waals surface area contributed by atoms with Crippen LogP contribution < -0.4 is 5.73 Å². The van der Waals surface area contributed by atoms with Crippen molar-refractivity contribution in [2.75, 3.05) is 6.54 Å². The van der Waals surface area contributed by atoms with E-state index in [0.717, 1.165) is 29.2 Å². The van der Waals surface area contributed by atoms with Crippen molar-refractivity contribution >= 4 is 11.6 Å². The Morgan fingerprint density at radius 3 is 2.53 bits per heavy atom. The smallest absolute Gasteiger partial charge is 0.155 e. The maximum absolute atomic E-state index is 6.03. The molecular weight excluding hydrogens is 238 g/mol. The van der Waals surface area contributed by atoms with Crippen LogP contribution >= 0.6 is 11.6 Å². The van der Waals surface area contributed by atoms with E-state index in [1.54, 1.807) is 10.9 Å². The first-order chi connectivity index (χ1) is 8.04. The molecule has 17 heavy (non-hydrogen) atoms. The molecule has 0 atom stereocenters. The Bertz CT molecular complexity index is 521. The largest absolute Gasteiger partial charge is 0.330 e. The number of nitrogens with zero attached hydrogens (tertiary/aromatic N) is 4. The number of halogens is 1. The minimum absolute atomic E-state index is 0.591. The molecule has 6 heteroatoms. The zero-order valence-electron chi connectivity index (χ0n) is 10.2. The van der Waals surface area contributed by atoms with E-state index in [4.69, 9.17) is 17.3 Å². The van der Waals surface area contributed by atoms with E-state index in [2.05, 4.69) is 10.2 Å². The summed E-state index contributed by atoms with van der Waals surface area (Å²) in [5, 5.41) is 9.44. The van der Waals surface area contributed by atoms with E-state index in [9.17, 15) is 0 Å². The van der Waals surface area contributed by atoms with Gasteiger partial charge in [0.2, 0.25) is 0 Å². The summed E-state index contributed by atoms with van der Waals surface area (Å²) in [4.78, 5) is 0. The highest BCUT2D eigenvalue weighted by atomic mass is 35.5. The van der Waals surface area contributed by atoms with Crippen LogP contribution in [-0.4, -0.2) is 26.1 Å². The molecule has 0 saturated carbocycles. The third kappa shape index (κ3) is 2.08. The summed E-state index contributed by atoms with van der Waals surface area (Å²) in [6.45, 7) is 4.45. The molecule has 2 rings (SSSR count). The van der Waals surface area contributed by atoms with Crippen molar-refractivity contribution in [3.8, 4) is 5.82 Å². The van der Waals surface area contributed by atoms with E-state index < -0.39 is 0 Å². The van der Waals surface area contributed by atoms with E-state index in [1.807, 2.05) is 25.6 Å². The van der Waals surface area contributed by atoms with Crippen LogP contribution in [0.2, 0.25) is 5.02 Å². The van der Waals surface area contributed by atoms with Gasteiger partial charge in [0, 0.05) is 12.6 Å². The first-order valence-electron chi connectivity index (χ1n) is 5.49. The van der Waals surface area contributed by atoms with Gasteiger partial charge in [-0.15, -0.1) is 0 Å². The Morgan fingerprint density at radius 1 is 1.29 bits per heavy atom. The number of aryl methyl sites for hydroxylation is 3. The van der Waals surface area contributed by atoms with Crippen molar-refractivity contribution in [3.63, 3.8) is 0 Å². The van der Waals surface area contributed by atoms with Gasteiger partial charge in [-0.05, 0) is 26.8 Å². The molecule has 5 nitrogen and oxygen atoms in total. The molecule has 2 N–H and O–H groups in total. The van der Waals surface area contributed by atoms with Crippen LogP contribution in [0.5, 0.6) is 0 Å². The summed E-state index contributed by atoms with van der Waals surface area (Å²) in [5.41, 5.74) is 8.54. The second-order valence-electron chi connectivity index (χ2n) is 4.06. The van der Waals surface area contributed by atoms with Crippen LogP contribution in [0.4, 0.5) is 0 Å². The van der Waals surface area contributed by atoms with Gasteiger partial charge < -0.3 is 5.73 Å². The highest BCUT2D eigenvalue weighted by Gasteiger charge is 2.16. The summed E-state index contributed by atoms with van der Waals surface area (Å²) in [6.07, 6.45) is 2.58. The Kier molecular flexibility index (Phi) is 3.22. The molecule has 0 aliphatic rings. The van der Waals surface area contributed by atoms with Gasteiger partial charge in [0.15, 0.2) is 5.82 Å². The molecule has 92 valence electrons. The molecule has 0 fully saturated rings. The van der Waals surface area contributed by atoms with E-state index in [1.165, 1.54) is 0 Å². The molecule has 0 radical (unpaired) electrons. The van der Waals surface area contributed by atoms with Crippen LogP contribution in [0.15, 0.2) is 6.20 Å². The van der Waals surface area contributed by atoms with Gasteiger partial charge >= 0.3 is 0 Å². The third-order valence-electron chi connectivity index (χ3n) is 2.76. The number of aromatic nitrogens is 4. The molecule has 0 aliphatic heterocycles. The fourth-order valence-electron chi connectivity index (χ4n) is 1.96. The van der Waals surface area contributed by atoms with E-state index in [-0.39, 0.29) is 0 Å². The summed E-state index contributed by atoms with van der Waals surface area (Å²) < 4.78 is 3.58. The molecule has 0 aromatic carbocycles. The van der Waals surface area contributed by atoms with Crippen LogP contribution in [0, 0.1) is 13.8 Å². The van der Waals surface area contributed by atoms with Crippen LogP contribution in [0.25, 0.3) is 5.82 Å². The van der Waals surface area contributed by atoms with Gasteiger partial charge in [0.25, 0.3) is 0 Å². The highest BCUT2D eigenvalue weighted by molar-refractivity contribution is 6.31. The van der Waals surface area contributed by atoms with Crippen molar-refractivity contribution in [2.45, 2.75) is 20.3 Å². The first kappa shape index (κ1) is 12.1. The summed E-state index contributed by atoms with van der Waals surface area (Å²) >= 11 is 6.03.